The van der Waals surface area contributed by atoms with Crippen molar-refractivity contribution in [2.45, 2.75) is 6.42 Å². The van der Waals surface area contributed by atoms with Crippen LogP contribution in [0, 0.1) is 6.57 Å². The van der Waals surface area contributed by atoms with Gasteiger partial charge in [0.05, 0.1) is 6.57 Å². The van der Waals surface area contributed by atoms with E-state index in [0.717, 1.165) is 11.3 Å². The molecule has 0 aromatic heterocycles. The summed E-state index contributed by atoms with van der Waals surface area (Å²) in [7, 11) is 0. The second kappa shape index (κ2) is 2.91. The minimum Gasteiger partial charge on any atom is -0.486 e. The number of rotatable bonds is 0. The minimum absolute atomic E-state index is 0.0645. The Morgan fingerprint density at radius 1 is 1.46 bits per heavy atom. The molecule has 0 saturated heterocycles. The number of fused-ring (bicyclic) bond motifs is 1. The van der Waals surface area contributed by atoms with E-state index in [4.69, 9.17) is 11.3 Å². The van der Waals surface area contributed by atoms with Crippen LogP contribution in [0.25, 0.3) is 4.85 Å². The Hall–Kier alpha value is -1.82. The smallest absolute Gasteiger partial charge is 0.187 e. The van der Waals surface area contributed by atoms with E-state index in [-0.39, 0.29) is 12.4 Å². The lowest BCUT2D eigenvalue weighted by atomic mass is 10.1. The summed E-state index contributed by atoms with van der Waals surface area (Å²) in [4.78, 5) is 14.3. The molecule has 1 aliphatic rings. The highest BCUT2D eigenvalue weighted by atomic mass is 16.5. The largest absolute Gasteiger partial charge is 0.486 e. The molecule has 1 aliphatic heterocycles. The quantitative estimate of drug-likeness (QED) is 0.559. The Kier molecular flexibility index (Phi) is 1.75. The highest BCUT2D eigenvalue weighted by Gasteiger charge is 2.16. The third kappa shape index (κ3) is 1.38. The second-order valence-electron chi connectivity index (χ2n) is 2.91. The van der Waals surface area contributed by atoms with E-state index in [1.54, 1.807) is 18.2 Å². The van der Waals surface area contributed by atoms with Gasteiger partial charge in [-0.05, 0) is 17.7 Å². The maximum atomic E-state index is 11.0. The van der Waals surface area contributed by atoms with Crippen molar-refractivity contribution in [3.63, 3.8) is 0 Å². The summed E-state index contributed by atoms with van der Waals surface area (Å²) in [5.74, 6) is 0.793. The van der Waals surface area contributed by atoms with Gasteiger partial charge in [0.25, 0.3) is 0 Å². The number of nitrogens with zero attached hydrogens (tertiary/aromatic N) is 1. The van der Waals surface area contributed by atoms with E-state index in [1.807, 2.05) is 0 Å². The Bertz CT molecular complexity index is 404. The van der Waals surface area contributed by atoms with E-state index < -0.39 is 0 Å². The fourth-order valence-electron chi connectivity index (χ4n) is 1.34. The van der Waals surface area contributed by atoms with Gasteiger partial charge < -0.3 is 4.74 Å². The molecule has 0 atom stereocenters. The molecule has 0 amide bonds. The number of benzene rings is 1. The Morgan fingerprint density at radius 3 is 3.08 bits per heavy atom. The molecule has 0 unspecified atom stereocenters. The number of carbonyl (C=O) groups excluding carboxylic acids is 1. The van der Waals surface area contributed by atoms with Crippen molar-refractivity contribution in [1.82, 2.24) is 0 Å². The van der Waals surface area contributed by atoms with Crippen molar-refractivity contribution < 1.29 is 9.53 Å². The molecule has 1 aromatic rings. The van der Waals surface area contributed by atoms with E-state index in [9.17, 15) is 4.79 Å². The summed E-state index contributed by atoms with van der Waals surface area (Å²) in [6.45, 7) is 6.97. The van der Waals surface area contributed by atoms with Gasteiger partial charge in [0, 0.05) is 6.42 Å². The zero-order valence-electron chi connectivity index (χ0n) is 6.91. The lowest BCUT2D eigenvalue weighted by molar-refractivity contribution is -0.121. The van der Waals surface area contributed by atoms with Crippen LogP contribution < -0.4 is 4.74 Å². The Morgan fingerprint density at radius 2 is 2.31 bits per heavy atom. The second-order valence-corrected chi connectivity index (χ2v) is 2.91. The van der Waals surface area contributed by atoms with Crippen LogP contribution in [0.15, 0.2) is 18.2 Å². The van der Waals surface area contributed by atoms with Gasteiger partial charge in [-0.25, -0.2) is 4.85 Å². The van der Waals surface area contributed by atoms with E-state index in [2.05, 4.69) is 4.85 Å². The molecule has 0 spiro atoms. The van der Waals surface area contributed by atoms with Gasteiger partial charge >= 0.3 is 0 Å². The topological polar surface area (TPSA) is 30.7 Å². The minimum atomic E-state index is 0.0645. The molecule has 13 heavy (non-hydrogen) atoms. The van der Waals surface area contributed by atoms with Crippen LogP contribution in [0.4, 0.5) is 5.69 Å². The maximum Gasteiger partial charge on any atom is 0.187 e. The van der Waals surface area contributed by atoms with Crippen LogP contribution in [-0.4, -0.2) is 12.4 Å². The molecule has 1 heterocycles. The SMILES string of the molecule is [C-]#[N+]c1ccc2c(c1)CC(=O)CO2. The zero-order chi connectivity index (χ0) is 9.26. The normalized spacial score (nSPS) is 14.2. The predicted molar refractivity (Wildman–Crippen MR) is 46.9 cm³/mol. The molecule has 3 nitrogen and oxygen atoms in total. The lowest BCUT2D eigenvalue weighted by Gasteiger charge is -2.15. The molecule has 0 saturated carbocycles. The molecule has 0 aliphatic carbocycles. The number of ether oxygens (including phenoxy) is 1. The number of hydrogen-bond donors (Lipinski definition) is 0. The third-order valence-electron chi connectivity index (χ3n) is 1.95. The van der Waals surface area contributed by atoms with Crippen molar-refractivity contribution in [2.75, 3.05) is 6.61 Å². The van der Waals surface area contributed by atoms with Crippen molar-refractivity contribution >= 4 is 11.5 Å². The van der Waals surface area contributed by atoms with Crippen molar-refractivity contribution in [3.05, 3.63) is 35.2 Å². The highest BCUT2D eigenvalue weighted by Crippen LogP contribution is 2.27. The lowest BCUT2D eigenvalue weighted by Crippen LogP contribution is -2.19. The summed E-state index contributed by atoms with van der Waals surface area (Å²) >= 11 is 0. The first-order chi connectivity index (χ1) is 6.29. The van der Waals surface area contributed by atoms with Gasteiger partial charge in [-0.1, -0.05) is 6.07 Å². The highest BCUT2D eigenvalue weighted by molar-refractivity contribution is 5.85. The zero-order valence-corrected chi connectivity index (χ0v) is 6.91. The summed E-state index contributed by atoms with van der Waals surface area (Å²) in [5.41, 5.74) is 1.38. The predicted octanol–water partition coefficient (Wildman–Crippen LogP) is 1.74. The van der Waals surface area contributed by atoms with Crippen LogP contribution in [0.2, 0.25) is 0 Å². The molecular weight excluding hydrogens is 166 g/mol. The molecular formula is C10H7NO2. The van der Waals surface area contributed by atoms with E-state index >= 15 is 0 Å². The molecule has 0 radical (unpaired) electrons. The van der Waals surface area contributed by atoms with Gasteiger partial charge in [-0.2, -0.15) is 0 Å². The van der Waals surface area contributed by atoms with E-state index in [1.165, 1.54) is 0 Å². The molecule has 0 fully saturated rings. The molecule has 1 aromatic carbocycles. The van der Waals surface area contributed by atoms with Crippen LogP contribution in [0.5, 0.6) is 5.75 Å². The molecule has 3 heteroatoms. The van der Waals surface area contributed by atoms with E-state index in [0.29, 0.717) is 12.1 Å². The number of ketones is 1. The van der Waals surface area contributed by atoms with Crippen LogP contribution in [0.1, 0.15) is 5.56 Å². The van der Waals surface area contributed by atoms with Gasteiger partial charge in [0.2, 0.25) is 0 Å². The summed E-state index contributed by atoms with van der Waals surface area (Å²) in [5, 5.41) is 0. The first-order valence-corrected chi connectivity index (χ1v) is 3.94. The van der Waals surface area contributed by atoms with Crippen LogP contribution in [-0.2, 0) is 11.2 Å². The first-order valence-electron chi connectivity index (χ1n) is 3.94. The van der Waals surface area contributed by atoms with Crippen molar-refractivity contribution in [3.8, 4) is 5.75 Å². The summed E-state index contributed by atoms with van der Waals surface area (Å²) in [6.07, 6.45) is 0.388. The van der Waals surface area contributed by atoms with Crippen LogP contribution >= 0.6 is 0 Å². The summed E-state index contributed by atoms with van der Waals surface area (Å²) in [6, 6.07) is 5.15. The number of Topliss-reactive ketones (excluding diaryl/α,β-unsaturated/α-hetero) is 1. The van der Waals surface area contributed by atoms with Crippen molar-refractivity contribution in [1.29, 1.82) is 0 Å². The molecule has 64 valence electrons. The van der Waals surface area contributed by atoms with Gasteiger partial charge in [-0.3, -0.25) is 4.79 Å². The standard InChI is InChI=1S/C10H7NO2/c1-11-8-2-3-10-7(4-8)5-9(12)6-13-10/h2-4H,5-6H2. The number of carbonyl (C=O) groups is 1. The number of hydrogen-bond acceptors (Lipinski definition) is 2. The fraction of sp³-hybridized carbons (Fsp3) is 0.200. The Labute approximate surface area is 75.8 Å². The monoisotopic (exact) mass is 173 g/mol. The maximum absolute atomic E-state index is 11.0. The van der Waals surface area contributed by atoms with Gasteiger partial charge in [0.1, 0.15) is 12.4 Å². The fourth-order valence-corrected chi connectivity index (χ4v) is 1.34. The average Bonchev–Trinajstić information content (AvgIpc) is 2.16. The summed E-state index contributed by atoms with van der Waals surface area (Å²) < 4.78 is 5.18. The van der Waals surface area contributed by atoms with Gasteiger partial charge in [0.15, 0.2) is 11.5 Å². The first kappa shape index (κ1) is 7.81. The Balaban J connectivity index is 2.45. The average molecular weight is 173 g/mol. The van der Waals surface area contributed by atoms with Gasteiger partial charge in [-0.15, -0.1) is 0 Å². The molecule has 0 bridgehead atoms. The van der Waals surface area contributed by atoms with Crippen LogP contribution in [0.3, 0.4) is 0 Å². The molecule has 2 rings (SSSR count). The van der Waals surface area contributed by atoms with Crippen molar-refractivity contribution in [2.24, 2.45) is 0 Å². The molecule has 0 N–H and O–H groups in total. The third-order valence-corrected chi connectivity index (χ3v) is 1.95.